The Labute approximate surface area is 166 Å². The van der Waals surface area contributed by atoms with Crippen LogP contribution in [-0.2, 0) is 11.2 Å². The number of halogens is 1. The van der Waals surface area contributed by atoms with E-state index in [2.05, 4.69) is 15.5 Å². The first-order valence-corrected chi connectivity index (χ1v) is 8.92. The van der Waals surface area contributed by atoms with Crippen LogP contribution in [0, 0.1) is 5.82 Å². The van der Waals surface area contributed by atoms with Crippen LogP contribution in [0.2, 0.25) is 0 Å². The summed E-state index contributed by atoms with van der Waals surface area (Å²) in [6.45, 7) is 0. The number of pyridine rings is 1. The van der Waals surface area contributed by atoms with Crippen LogP contribution >= 0.6 is 0 Å². The van der Waals surface area contributed by atoms with Crippen LogP contribution in [-0.4, -0.2) is 16.0 Å². The Morgan fingerprint density at radius 2 is 1.76 bits per heavy atom. The van der Waals surface area contributed by atoms with Gasteiger partial charge in [-0.1, -0.05) is 35.5 Å². The Morgan fingerprint density at radius 1 is 1.00 bits per heavy atom. The number of amides is 1. The fraction of sp³-hybridized carbons (Fsp3) is 0.0455. The number of anilines is 2. The van der Waals surface area contributed by atoms with Crippen molar-refractivity contribution >= 4 is 17.5 Å². The lowest BCUT2D eigenvalue weighted by molar-refractivity contribution is -0.115. The van der Waals surface area contributed by atoms with E-state index in [9.17, 15) is 9.18 Å². The molecule has 0 aliphatic carbocycles. The molecule has 3 N–H and O–H groups in total. The predicted molar refractivity (Wildman–Crippen MR) is 108 cm³/mol. The number of hydrogen-bond donors (Lipinski definition) is 2. The van der Waals surface area contributed by atoms with Crippen molar-refractivity contribution < 1.29 is 13.7 Å². The second-order valence-corrected chi connectivity index (χ2v) is 6.39. The molecular formula is C22H17FN4O2. The van der Waals surface area contributed by atoms with E-state index < -0.39 is 0 Å². The van der Waals surface area contributed by atoms with Crippen molar-refractivity contribution in [1.29, 1.82) is 0 Å². The molecule has 2 aromatic carbocycles. The third kappa shape index (κ3) is 3.98. The molecule has 144 valence electrons. The first-order valence-electron chi connectivity index (χ1n) is 8.92. The van der Waals surface area contributed by atoms with Gasteiger partial charge in [-0.15, -0.1) is 0 Å². The van der Waals surface area contributed by atoms with Crippen LogP contribution in [0.25, 0.3) is 22.5 Å². The lowest BCUT2D eigenvalue weighted by Crippen LogP contribution is -2.14. The molecule has 4 aromatic rings. The number of hydrogen-bond acceptors (Lipinski definition) is 5. The number of benzene rings is 2. The average molecular weight is 388 g/mol. The summed E-state index contributed by atoms with van der Waals surface area (Å²) >= 11 is 0. The van der Waals surface area contributed by atoms with Gasteiger partial charge in [-0.25, -0.2) is 4.39 Å². The fourth-order valence-electron chi connectivity index (χ4n) is 2.98. The van der Waals surface area contributed by atoms with Crippen LogP contribution in [0.5, 0.6) is 0 Å². The lowest BCUT2D eigenvalue weighted by Gasteiger charge is -2.08. The molecule has 0 atom stereocenters. The van der Waals surface area contributed by atoms with E-state index in [4.69, 9.17) is 10.3 Å². The van der Waals surface area contributed by atoms with Crippen molar-refractivity contribution in [3.05, 3.63) is 84.3 Å². The van der Waals surface area contributed by atoms with Gasteiger partial charge in [0, 0.05) is 11.8 Å². The number of carbonyl (C=O) groups excluding carboxylic acids is 1. The minimum atomic E-state index is -0.368. The number of aromatic nitrogens is 2. The third-order valence-electron chi connectivity index (χ3n) is 4.35. The first kappa shape index (κ1) is 18.4. The summed E-state index contributed by atoms with van der Waals surface area (Å²) < 4.78 is 18.8. The maximum Gasteiger partial charge on any atom is 0.241 e. The zero-order valence-corrected chi connectivity index (χ0v) is 15.3. The quantitative estimate of drug-likeness (QED) is 0.531. The number of nitrogens with zero attached hydrogens (tertiary/aromatic N) is 2. The van der Waals surface area contributed by atoms with Gasteiger partial charge in [-0.3, -0.25) is 15.1 Å². The molecule has 0 saturated carbocycles. The van der Waals surface area contributed by atoms with E-state index in [1.54, 1.807) is 30.5 Å². The van der Waals surface area contributed by atoms with E-state index in [0.717, 1.165) is 5.56 Å². The maximum absolute atomic E-state index is 13.3. The Kier molecular flexibility index (Phi) is 5.03. The summed E-state index contributed by atoms with van der Waals surface area (Å²) in [5, 5.41) is 6.83. The molecule has 0 aliphatic heterocycles. The van der Waals surface area contributed by atoms with Gasteiger partial charge in [0.2, 0.25) is 11.8 Å². The number of carbonyl (C=O) groups is 1. The molecule has 0 unspecified atom stereocenters. The van der Waals surface area contributed by atoms with E-state index in [-0.39, 0.29) is 24.0 Å². The number of rotatable bonds is 5. The zero-order valence-electron chi connectivity index (χ0n) is 15.3. The highest BCUT2D eigenvalue weighted by atomic mass is 19.1. The molecular weight excluding hydrogens is 371 g/mol. The van der Waals surface area contributed by atoms with E-state index in [1.807, 2.05) is 30.3 Å². The van der Waals surface area contributed by atoms with Crippen molar-refractivity contribution in [3.8, 4) is 22.5 Å². The Bertz CT molecular complexity index is 1140. The van der Waals surface area contributed by atoms with Crippen LogP contribution < -0.4 is 11.1 Å². The minimum Gasteiger partial charge on any atom is -0.397 e. The molecule has 7 heteroatoms. The standard InChI is InChI=1S/C22H17FN4O2/c23-16-10-8-15(9-11-16)20-19(21-17(24)7-4-12-25-21)22(29-27-20)26-18(28)13-14-5-2-1-3-6-14/h1-12H,13,24H2,(H,26,28). The number of nitrogen functional groups attached to an aromatic ring is 1. The molecule has 1 amide bonds. The van der Waals surface area contributed by atoms with E-state index >= 15 is 0 Å². The highest BCUT2D eigenvalue weighted by Crippen LogP contribution is 2.39. The van der Waals surface area contributed by atoms with Crippen LogP contribution in [0.1, 0.15) is 5.56 Å². The normalized spacial score (nSPS) is 10.7. The van der Waals surface area contributed by atoms with Gasteiger partial charge >= 0.3 is 0 Å². The second kappa shape index (κ2) is 7.93. The third-order valence-corrected chi connectivity index (χ3v) is 4.35. The van der Waals surface area contributed by atoms with Gasteiger partial charge in [0.15, 0.2) is 0 Å². The summed E-state index contributed by atoms with van der Waals surface area (Å²) in [7, 11) is 0. The van der Waals surface area contributed by atoms with Gasteiger partial charge in [0.1, 0.15) is 17.2 Å². The van der Waals surface area contributed by atoms with E-state index in [1.165, 1.54) is 12.1 Å². The zero-order chi connectivity index (χ0) is 20.2. The molecule has 4 rings (SSSR count). The van der Waals surface area contributed by atoms with Crippen LogP contribution in [0.15, 0.2) is 77.4 Å². The first-order chi connectivity index (χ1) is 14.1. The highest BCUT2D eigenvalue weighted by molar-refractivity contribution is 5.98. The Hall–Kier alpha value is -4.00. The lowest BCUT2D eigenvalue weighted by atomic mass is 10.0. The molecule has 29 heavy (non-hydrogen) atoms. The molecule has 0 radical (unpaired) electrons. The smallest absolute Gasteiger partial charge is 0.241 e. The molecule has 2 aromatic heterocycles. The van der Waals surface area contributed by atoms with Crippen molar-refractivity contribution in [1.82, 2.24) is 10.1 Å². The van der Waals surface area contributed by atoms with Gasteiger partial charge in [-0.2, -0.15) is 0 Å². The monoisotopic (exact) mass is 388 g/mol. The topological polar surface area (TPSA) is 94.0 Å². The summed E-state index contributed by atoms with van der Waals surface area (Å²) in [6, 6.07) is 18.5. The van der Waals surface area contributed by atoms with Gasteiger partial charge in [0.25, 0.3) is 0 Å². The predicted octanol–water partition coefficient (Wildman–Crippen LogP) is 4.31. The van der Waals surface area contributed by atoms with E-state index in [0.29, 0.717) is 28.2 Å². The molecule has 0 spiro atoms. The van der Waals surface area contributed by atoms with Crippen LogP contribution in [0.4, 0.5) is 16.0 Å². The second-order valence-electron chi connectivity index (χ2n) is 6.39. The molecule has 0 aliphatic rings. The summed E-state index contributed by atoms with van der Waals surface area (Å²) in [4.78, 5) is 16.9. The molecule has 2 heterocycles. The molecule has 0 bridgehead atoms. The Morgan fingerprint density at radius 3 is 2.48 bits per heavy atom. The van der Waals surface area contributed by atoms with Crippen molar-refractivity contribution in [3.63, 3.8) is 0 Å². The van der Waals surface area contributed by atoms with Gasteiger partial charge in [-0.05, 0) is 42.0 Å². The summed E-state index contributed by atoms with van der Waals surface area (Å²) in [5.41, 5.74) is 9.24. The van der Waals surface area contributed by atoms with Crippen LogP contribution in [0.3, 0.4) is 0 Å². The number of nitrogens with one attached hydrogen (secondary N) is 1. The number of nitrogens with two attached hydrogens (primary N) is 1. The Balaban J connectivity index is 1.73. The van der Waals surface area contributed by atoms with Crippen molar-refractivity contribution in [2.24, 2.45) is 0 Å². The highest BCUT2D eigenvalue weighted by Gasteiger charge is 2.23. The minimum absolute atomic E-state index is 0.135. The van der Waals surface area contributed by atoms with Crippen molar-refractivity contribution in [2.75, 3.05) is 11.1 Å². The van der Waals surface area contributed by atoms with Gasteiger partial charge in [0.05, 0.1) is 17.7 Å². The molecule has 0 fully saturated rings. The fourth-order valence-corrected chi connectivity index (χ4v) is 2.98. The van der Waals surface area contributed by atoms with Crippen molar-refractivity contribution in [2.45, 2.75) is 6.42 Å². The SMILES string of the molecule is Nc1cccnc1-c1c(-c2ccc(F)cc2)noc1NC(=O)Cc1ccccc1. The average Bonchev–Trinajstić information content (AvgIpc) is 3.12. The molecule has 0 saturated heterocycles. The van der Waals surface area contributed by atoms with Gasteiger partial charge < -0.3 is 10.3 Å². The summed E-state index contributed by atoms with van der Waals surface area (Å²) in [6.07, 6.45) is 1.76. The summed E-state index contributed by atoms with van der Waals surface area (Å²) in [5.74, 6) is -0.503. The maximum atomic E-state index is 13.3. The molecule has 6 nitrogen and oxygen atoms in total. The largest absolute Gasteiger partial charge is 0.397 e.